The van der Waals surface area contributed by atoms with E-state index in [1.54, 1.807) is 25.3 Å². The zero-order valence-corrected chi connectivity index (χ0v) is 17.0. The molecule has 0 aliphatic carbocycles. The Bertz CT molecular complexity index is 903. The molecule has 0 N–H and O–H groups in total. The third-order valence-corrected chi connectivity index (χ3v) is 5.05. The van der Waals surface area contributed by atoms with E-state index in [1.807, 2.05) is 24.3 Å². The summed E-state index contributed by atoms with van der Waals surface area (Å²) in [4.78, 5) is 15.2. The summed E-state index contributed by atoms with van der Waals surface area (Å²) in [5.74, 6) is 2.25. The number of morpholine rings is 1. The van der Waals surface area contributed by atoms with Crippen LogP contribution in [0.4, 0.5) is 0 Å². The van der Waals surface area contributed by atoms with Gasteiger partial charge in [-0.2, -0.15) is 0 Å². The largest absolute Gasteiger partial charge is 0.497 e. The minimum atomic E-state index is -0.162. The highest BCUT2D eigenvalue weighted by atomic mass is 16.7. The molecule has 4 rings (SSSR count). The molecule has 158 valence electrons. The summed E-state index contributed by atoms with van der Waals surface area (Å²) in [5, 5.41) is 0. The minimum absolute atomic E-state index is 0.141. The summed E-state index contributed by atoms with van der Waals surface area (Å²) < 4.78 is 27.4. The maximum atomic E-state index is 12.9. The predicted octanol–water partition coefficient (Wildman–Crippen LogP) is 3.03. The van der Waals surface area contributed by atoms with Crippen molar-refractivity contribution in [2.75, 3.05) is 53.4 Å². The number of allylic oxidation sites excluding steroid dienone is 1. The fourth-order valence-electron chi connectivity index (χ4n) is 3.32. The van der Waals surface area contributed by atoms with Gasteiger partial charge in [-0.3, -0.25) is 9.69 Å². The van der Waals surface area contributed by atoms with Gasteiger partial charge in [-0.1, -0.05) is 18.2 Å². The van der Waals surface area contributed by atoms with Gasteiger partial charge in [0.2, 0.25) is 6.79 Å². The van der Waals surface area contributed by atoms with Crippen molar-refractivity contribution in [1.82, 2.24) is 4.90 Å². The number of hydrogen-bond acceptors (Lipinski definition) is 7. The molecule has 7 nitrogen and oxygen atoms in total. The summed E-state index contributed by atoms with van der Waals surface area (Å²) in [7, 11) is 1.62. The van der Waals surface area contributed by atoms with Gasteiger partial charge in [-0.15, -0.1) is 0 Å². The van der Waals surface area contributed by atoms with Crippen molar-refractivity contribution in [3.05, 3.63) is 53.6 Å². The number of methoxy groups -OCH3 is 1. The molecule has 7 heteroatoms. The van der Waals surface area contributed by atoms with E-state index in [4.69, 9.17) is 23.7 Å². The standard InChI is InChI=1S/C23H25NO6/c1-26-18-5-2-17(3-6-18)4-7-20(25)19-14-22-23(30-16-29-22)15-21(19)28-13-10-24-8-11-27-12-9-24/h2-7,14-15H,8-13,16H2,1H3. The highest BCUT2D eigenvalue weighted by Gasteiger charge is 2.21. The van der Waals surface area contributed by atoms with E-state index in [0.717, 1.165) is 44.2 Å². The molecule has 2 heterocycles. The van der Waals surface area contributed by atoms with Crippen LogP contribution in [0.25, 0.3) is 6.08 Å². The van der Waals surface area contributed by atoms with E-state index < -0.39 is 0 Å². The van der Waals surface area contributed by atoms with Gasteiger partial charge in [0, 0.05) is 25.7 Å². The lowest BCUT2D eigenvalue weighted by atomic mass is 10.1. The third-order valence-electron chi connectivity index (χ3n) is 5.05. The smallest absolute Gasteiger partial charge is 0.231 e. The van der Waals surface area contributed by atoms with Gasteiger partial charge in [0.05, 0.1) is 25.9 Å². The van der Waals surface area contributed by atoms with E-state index in [-0.39, 0.29) is 12.6 Å². The maximum absolute atomic E-state index is 12.9. The highest BCUT2D eigenvalue weighted by Crippen LogP contribution is 2.38. The first-order valence-electron chi connectivity index (χ1n) is 9.96. The molecule has 30 heavy (non-hydrogen) atoms. The van der Waals surface area contributed by atoms with Crippen molar-refractivity contribution in [3.63, 3.8) is 0 Å². The minimum Gasteiger partial charge on any atom is -0.497 e. The van der Waals surface area contributed by atoms with Crippen LogP contribution in [0.2, 0.25) is 0 Å². The number of ether oxygens (including phenoxy) is 5. The summed E-state index contributed by atoms with van der Waals surface area (Å²) in [6, 6.07) is 10.9. The monoisotopic (exact) mass is 411 g/mol. The van der Waals surface area contributed by atoms with Gasteiger partial charge in [0.1, 0.15) is 18.1 Å². The van der Waals surface area contributed by atoms with Crippen molar-refractivity contribution in [2.45, 2.75) is 0 Å². The van der Waals surface area contributed by atoms with Crippen LogP contribution >= 0.6 is 0 Å². The van der Waals surface area contributed by atoms with Crippen molar-refractivity contribution >= 4 is 11.9 Å². The van der Waals surface area contributed by atoms with Crippen LogP contribution in [0.5, 0.6) is 23.0 Å². The van der Waals surface area contributed by atoms with E-state index in [9.17, 15) is 4.79 Å². The normalized spacial score (nSPS) is 16.0. The SMILES string of the molecule is COc1ccc(C=CC(=O)c2cc3c(cc2OCCN2CCOCC2)OCO3)cc1. The number of carbonyl (C=O) groups excluding carboxylic acids is 1. The van der Waals surface area contributed by atoms with E-state index in [1.165, 1.54) is 6.08 Å². The average Bonchev–Trinajstić information content (AvgIpc) is 3.25. The maximum Gasteiger partial charge on any atom is 0.231 e. The lowest BCUT2D eigenvalue weighted by Crippen LogP contribution is -2.38. The molecule has 1 fully saturated rings. The molecule has 2 aliphatic rings. The Morgan fingerprint density at radius 3 is 2.57 bits per heavy atom. The number of benzene rings is 2. The topological polar surface area (TPSA) is 66.5 Å². The molecule has 0 bridgehead atoms. The second-order valence-electron chi connectivity index (χ2n) is 6.97. The first-order chi connectivity index (χ1) is 14.7. The lowest BCUT2D eigenvalue weighted by molar-refractivity contribution is 0.0322. The molecule has 0 aromatic heterocycles. The van der Waals surface area contributed by atoms with Crippen LogP contribution in [0, 0.1) is 0 Å². The molecule has 2 aliphatic heterocycles. The fraction of sp³-hybridized carbons (Fsp3) is 0.348. The number of fused-ring (bicyclic) bond motifs is 1. The number of hydrogen-bond donors (Lipinski definition) is 0. The molecule has 0 atom stereocenters. The van der Waals surface area contributed by atoms with E-state index in [2.05, 4.69) is 4.90 Å². The zero-order chi connectivity index (χ0) is 20.8. The molecule has 0 unspecified atom stereocenters. The second kappa shape index (κ2) is 9.65. The van der Waals surface area contributed by atoms with Gasteiger partial charge in [0.15, 0.2) is 17.3 Å². The predicted molar refractivity (Wildman–Crippen MR) is 112 cm³/mol. The molecular formula is C23H25NO6. The fourth-order valence-corrected chi connectivity index (χ4v) is 3.32. The Morgan fingerprint density at radius 1 is 1.10 bits per heavy atom. The Labute approximate surface area is 175 Å². The first-order valence-corrected chi connectivity index (χ1v) is 9.96. The van der Waals surface area contributed by atoms with Crippen molar-refractivity contribution in [1.29, 1.82) is 0 Å². The Kier molecular flexibility index (Phi) is 6.51. The number of ketones is 1. The Morgan fingerprint density at radius 2 is 1.83 bits per heavy atom. The molecular weight excluding hydrogens is 386 g/mol. The highest BCUT2D eigenvalue weighted by molar-refractivity contribution is 6.09. The molecule has 0 amide bonds. The van der Waals surface area contributed by atoms with Gasteiger partial charge in [-0.25, -0.2) is 0 Å². The van der Waals surface area contributed by atoms with Gasteiger partial charge >= 0.3 is 0 Å². The zero-order valence-electron chi connectivity index (χ0n) is 17.0. The van der Waals surface area contributed by atoms with Crippen molar-refractivity contribution in [2.24, 2.45) is 0 Å². The van der Waals surface area contributed by atoms with Crippen LogP contribution < -0.4 is 18.9 Å². The summed E-state index contributed by atoms with van der Waals surface area (Å²) in [6.45, 7) is 4.65. The molecule has 0 radical (unpaired) electrons. The number of carbonyl (C=O) groups is 1. The average molecular weight is 411 g/mol. The molecule has 0 saturated carbocycles. The van der Waals surface area contributed by atoms with Gasteiger partial charge in [-0.05, 0) is 29.8 Å². The van der Waals surface area contributed by atoms with Crippen LogP contribution in [0.3, 0.4) is 0 Å². The molecule has 1 saturated heterocycles. The molecule has 2 aromatic rings. The quantitative estimate of drug-likeness (QED) is 0.489. The van der Waals surface area contributed by atoms with Gasteiger partial charge in [0.25, 0.3) is 0 Å². The van der Waals surface area contributed by atoms with Crippen LogP contribution in [-0.4, -0.2) is 64.0 Å². The van der Waals surface area contributed by atoms with Crippen LogP contribution in [0.1, 0.15) is 15.9 Å². The van der Waals surface area contributed by atoms with Crippen LogP contribution in [-0.2, 0) is 4.74 Å². The number of nitrogens with zero attached hydrogens (tertiary/aromatic N) is 1. The summed E-state index contributed by atoms with van der Waals surface area (Å²) >= 11 is 0. The van der Waals surface area contributed by atoms with Crippen molar-refractivity contribution < 1.29 is 28.5 Å². The Hall–Kier alpha value is -3.03. The number of rotatable bonds is 8. The van der Waals surface area contributed by atoms with Crippen LogP contribution in [0.15, 0.2) is 42.5 Å². The molecule has 2 aromatic carbocycles. The summed E-state index contributed by atoms with van der Waals surface area (Å²) in [5.41, 5.74) is 1.35. The lowest BCUT2D eigenvalue weighted by Gasteiger charge is -2.26. The van der Waals surface area contributed by atoms with E-state index >= 15 is 0 Å². The van der Waals surface area contributed by atoms with Crippen molar-refractivity contribution in [3.8, 4) is 23.0 Å². The van der Waals surface area contributed by atoms with E-state index in [0.29, 0.717) is 29.4 Å². The Balaban J connectivity index is 1.47. The molecule has 0 spiro atoms. The van der Waals surface area contributed by atoms with Gasteiger partial charge < -0.3 is 23.7 Å². The third kappa shape index (κ3) is 4.93. The second-order valence-corrected chi connectivity index (χ2v) is 6.97. The summed E-state index contributed by atoms with van der Waals surface area (Å²) in [6.07, 6.45) is 3.30. The first kappa shape index (κ1) is 20.3.